The van der Waals surface area contributed by atoms with Crippen molar-refractivity contribution < 1.29 is 0 Å². The Morgan fingerprint density at radius 3 is 2.27 bits per heavy atom. The van der Waals surface area contributed by atoms with Gasteiger partial charge in [-0.3, -0.25) is 25.0 Å². The molecule has 0 amide bonds. The monoisotopic (exact) mass is 390 g/mol. The number of fused-ring (bicyclic) bond motifs is 2. The van der Waals surface area contributed by atoms with Crippen molar-refractivity contribution in [1.82, 2.24) is 40.1 Å². The Bertz CT molecular complexity index is 1490. The molecule has 8 heteroatoms. The first-order valence-electron chi connectivity index (χ1n) is 9.37. The molecule has 0 atom stereocenters. The average Bonchev–Trinajstić information content (AvgIpc) is 3.43. The first-order valence-corrected chi connectivity index (χ1v) is 9.37. The topological polar surface area (TPSA) is 109 Å². The molecule has 6 aromatic rings. The summed E-state index contributed by atoms with van der Waals surface area (Å²) in [4.78, 5) is 25.4. The van der Waals surface area contributed by atoms with E-state index in [1.807, 2.05) is 36.4 Å². The molecule has 6 aromatic heterocycles. The maximum atomic E-state index is 4.83. The average molecular weight is 390 g/mol. The van der Waals surface area contributed by atoms with Crippen LogP contribution in [0, 0.1) is 0 Å². The number of aromatic nitrogens is 8. The van der Waals surface area contributed by atoms with Gasteiger partial charge in [-0.2, -0.15) is 5.10 Å². The lowest BCUT2D eigenvalue weighted by molar-refractivity contribution is 1.10. The Kier molecular flexibility index (Phi) is 3.60. The number of H-pyrrole nitrogens is 2. The van der Waals surface area contributed by atoms with Crippen LogP contribution in [0.3, 0.4) is 0 Å². The number of nitrogens with one attached hydrogen (secondary N) is 2. The zero-order chi connectivity index (χ0) is 19.9. The second kappa shape index (κ2) is 6.56. The standard InChI is InChI=1S/C22H14N8/c1-6-23-7-2-13(1)17-11-15-18(12-26-17)29-30-20(15)22-27-16-5-10-25-19(21(16)28-22)14-3-8-24-9-4-14/h1-12H,(H,27,28)(H,29,30). The maximum absolute atomic E-state index is 4.83. The second-order valence-corrected chi connectivity index (χ2v) is 6.80. The van der Waals surface area contributed by atoms with E-state index in [9.17, 15) is 0 Å². The van der Waals surface area contributed by atoms with Crippen molar-refractivity contribution in [2.45, 2.75) is 0 Å². The number of hydrogen-bond donors (Lipinski definition) is 2. The van der Waals surface area contributed by atoms with Gasteiger partial charge >= 0.3 is 0 Å². The van der Waals surface area contributed by atoms with Gasteiger partial charge in [-0.1, -0.05) is 0 Å². The van der Waals surface area contributed by atoms with Crippen molar-refractivity contribution in [2.24, 2.45) is 0 Å². The van der Waals surface area contributed by atoms with Gasteiger partial charge in [0.25, 0.3) is 0 Å². The molecule has 0 aliphatic carbocycles. The molecule has 0 saturated heterocycles. The fourth-order valence-corrected chi connectivity index (χ4v) is 3.55. The molecule has 0 aliphatic heterocycles. The fourth-order valence-electron chi connectivity index (χ4n) is 3.55. The minimum atomic E-state index is 0.673. The zero-order valence-electron chi connectivity index (χ0n) is 15.6. The van der Waals surface area contributed by atoms with E-state index in [4.69, 9.17) is 4.98 Å². The van der Waals surface area contributed by atoms with E-state index < -0.39 is 0 Å². The highest BCUT2D eigenvalue weighted by atomic mass is 15.1. The second-order valence-electron chi connectivity index (χ2n) is 6.80. The Morgan fingerprint density at radius 2 is 1.47 bits per heavy atom. The summed E-state index contributed by atoms with van der Waals surface area (Å²) in [5.41, 5.74) is 6.87. The van der Waals surface area contributed by atoms with Crippen molar-refractivity contribution in [2.75, 3.05) is 0 Å². The molecule has 8 nitrogen and oxygen atoms in total. The molecule has 0 aromatic carbocycles. The van der Waals surface area contributed by atoms with Gasteiger partial charge in [0, 0.05) is 47.5 Å². The Hall–Kier alpha value is -4.46. The fraction of sp³-hybridized carbons (Fsp3) is 0. The number of aromatic amines is 2. The van der Waals surface area contributed by atoms with Crippen molar-refractivity contribution in [3.63, 3.8) is 0 Å². The van der Waals surface area contributed by atoms with Crippen molar-refractivity contribution in [1.29, 1.82) is 0 Å². The number of rotatable bonds is 3. The highest BCUT2D eigenvalue weighted by Gasteiger charge is 2.16. The van der Waals surface area contributed by atoms with E-state index in [2.05, 4.69) is 35.1 Å². The van der Waals surface area contributed by atoms with Gasteiger partial charge in [0.15, 0.2) is 5.82 Å². The van der Waals surface area contributed by atoms with Crippen molar-refractivity contribution >= 4 is 21.9 Å². The summed E-state index contributed by atoms with van der Waals surface area (Å²) < 4.78 is 0. The normalized spacial score (nSPS) is 11.3. The smallest absolute Gasteiger partial charge is 0.159 e. The summed E-state index contributed by atoms with van der Waals surface area (Å²) >= 11 is 0. The summed E-state index contributed by atoms with van der Waals surface area (Å²) in [6.07, 6.45) is 10.6. The molecule has 2 N–H and O–H groups in total. The highest BCUT2D eigenvalue weighted by molar-refractivity contribution is 5.96. The van der Waals surface area contributed by atoms with Crippen LogP contribution in [0.2, 0.25) is 0 Å². The highest BCUT2D eigenvalue weighted by Crippen LogP contribution is 2.31. The third-order valence-electron chi connectivity index (χ3n) is 5.00. The summed E-state index contributed by atoms with van der Waals surface area (Å²) in [7, 11) is 0. The summed E-state index contributed by atoms with van der Waals surface area (Å²) in [6, 6.07) is 11.6. The van der Waals surface area contributed by atoms with E-state index >= 15 is 0 Å². The van der Waals surface area contributed by atoms with E-state index in [-0.39, 0.29) is 0 Å². The molecule has 0 fully saturated rings. The minimum Gasteiger partial charge on any atom is -0.336 e. The molecule has 0 aliphatic rings. The molecule has 0 unspecified atom stereocenters. The molecule has 0 spiro atoms. The van der Waals surface area contributed by atoms with Crippen LogP contribution in [-0.2, 0) is 0 Å². The van der Waals surface area contributed by atoms with Crippen LogP contribution >= 0.6 is 0 Å². The van der Waals surface area contributed by atoms with Gasteiger partial charge in [-0.25, -0.2) is 4.98 Å². The van der Waals surface area contributed by atoms with Gasteiger partial charge in [0.05, 0.1) is 28.6 Å². The van der Waals surface area contributed by atoms with E-state index in [1.165, 1.54) is 0 Å². The van der Waals surface area contributed by atoms with Gasteiger partial charge in [-0.05, 0) is 36.4 Å². The van der Waals surface area contributed by atoms with Crippen molar-refractivity contribution in [3.8, 4) is 34.0 Å². The third-order valence-corrected chi connectivity index (χ3v) is 5.00. The van der Waals surface area contributed by atoms with E-state index in [0.29, 0.717) is 5.82 Å². The zero-order valence-corrected chi connectivity index (χ0v) is 15.6. The Labute approximate surface area is 170 Å². The molecule has 6 heterocycles. The predicted octanol–water partition coefficient (Wildman–Crippen LogP) is 4.02. The quantitative estimate of drug-likeness (QED) is 0.472. The van der Waals surface area contributed by atoms with E-state index in [1.54, 1.807) is 37.2 Å². The summed E-state index contributed by atoms with van der Waals surface area (Å²) in [5, 5.41) is 8.48. The molecule has 0 saturated carbocycles. The van der Waals surface area contributed by atoms with Crippen molar-refractivity contribution in [3.05, 3.63) is 73.6 Å². The predicted molar refractivity (Wildman–Crippen MR) is 113 cm³/mol. The number of hydrogen-bond acceptors (Lipinski definition) is 6. The Morgan fingerprint density at radius 1 is 0.700 bits per heavy atom. The molecule has 142 valence electrons. The lowest BCUT2D eigenvalue weighted by Crippen LogP contribution is -1.86. The third kappa shape index (κ3) is 2.62. The number of nitrogens with zero attached hydrogens (tertiary/aromatic N) is 6. The molecule has 6 rings (SSSR count). The van der Waals surface area contributed by atoms with Crippen LogP contribution < -0.4 is 0 Å². The first kappa shape index (κ1) is 16.5. The van der Waals surface area contributed by atoms with Crippen LogP contribution in [0.25, 0.3) is 56.0 Å². The van der Waals surface area contributed by atoms with Gasteiger partial charge in [0.2, 0.25) is 0 Å². The van der Waals surface area contributed by atoms with Crippen LogP contribution in [0.15, 0.2) is 73.6 Å². The Balaban J connectivity index is 1.52. The lowest BCUT2D eigenvalue weighted by Gasteiger charge is -2.00. The number of pyridine rings is 4. The largest absolute Gasteiger partial charge is 0.336 e. The molecule has 0 radical (unpaired) electrons. The SMILES string of the molecule is c1cc(-c2cc3c(-c4nc5c(-c6ccncc6)nccc5[nH]4)n[nH]c3cn2)ccn1. The van der Waals surface area contributed by atoms with Crippen LogP contribution in [-0.4, -0.2) is 40.1 Å². The maximum Gasteiger partial charge on any atom is 0.159 e. The number of imidazole rings is 1. The summed E-state index contributed by atoms with van der Waals surface area (Å²) in [6.45, 7) is 0. The van der Waals surface area contributed by atoms with Gasteiger partial charge in [0.1, 0.15) is 11.2 Å². The molecular weight excluding hydrogens is 376 g/mol. The molecule has 30 heavy (non-hydrogen) atoms. The van der Waals surface area contributed by atoms with Crippen LogP contribution in [0.1, 0.15) is 0 Å². The lowest BCUT2D eigenvalue weighted by atomic mass is 10.1. The molecule has 0 bridgehead atoms. The summed E-state index contributed by atoms with van der Waals surface area (Å²) in [5.74, 6) is 0.673. The van der Waals surface area contributed by atoms with Gasteiger partial charge in [-0.15, -0.1) is 0 Å². The van der Waals surface area contributed by atoms with E-state index in [0.717, 1.165) is 50.1 Å². The van der Waals surface area contributed by atoms with Crippen LogP contribution in [0.5, 0.6) is 0 Å². The minimum absolute atomic E-state index is 0.673. The van der Waals surface area contributed by atoms with Gasteiger partial charge < -0.3 is 4.98 Å². The van der Waals surface area contributed by atoms with Crippen LogP contribution in [0.4, 0.5) is 0 Å². The molecular formula is C22H14N8. The first-order chi connectivity index (χ1) is 14.9.